The average Bonchev–Trinajstić information content (AvgIpc) is 3.08. The van der Waals surface area contributed by atoms with E-state index in [2.05, 4.69) is 20.2 Å². The van der Waals surface area contributed by atoms with Crippen LogP contribution in [0.15, 0.2) is 42.9 Å². The number of rotatable bonds is 5. The van der Waals surface area contributed by atoms with Gasteiger partial charge in [0.05, 0.1) is 24.4 Å². The highest BCUT2D eigenvalue weighted by molar-refractivity contribution is 8.14. The molecule has 2 aliphatic heterocycles. The second-order valence-electron chi connectivity index (χ2n) is 7.07. The minimum atomic E-state index is -0.211. The van der Waals surface area contributed by atoms with Crippen LogP contribution in [0.3, 0.4) is 0 Å². The number of hydrogen-bond acceptors (Lipinski definition) is 7. The Morgan fingerprint density at radius 2 is 2.03 bits per heavy atom. The van der Waals surface area contributed by atoms with Gasteiger partial charge < -0.3 is 10.2 Å². The summed E-state index contributed by atoms with van der Waals surface area (Å²) in [6, 6.07) is 7.25. The summed E-state index contributed by atoms with van der Waals surface area (Å²) in [6.45, 7) is 1.73. The van der Waals surface area contributed by atoms with Crippen molar-refractivity contribution in [2.45, 2.75) is 19.4 Å². The standard InChI is InChI=1S/C20H21N5O3S/c26-18-13-29-20(28)25(18)11-14-3-5-16(6-4-14)23-19(27)15-2-1-9-24(12-15)17-10-21-7-8-22-17/h3-8,10,15H,1-2,9,11-13H2,(H,23,27). The van der Waals surface area contributed by atoms with Gasteiger partial charge in [-0.25, -0.2) is 4.98 Å². The second kappa shape index (κ2) is 8.60. The topological polar surface area (TPSA) is 95.5 Å². The van der Waals surface area contributed by atoms with Crippen LogP contribution in [0.1, 0.15) is 18.4 Å². The monoisotopic (exact) mass is 411 g/mol. The van der Waals surface area contributed by atoms with E-state index in [9.17, 15) is 14.4 Å². The van der Waals surface area contributed by atoms with Gasteiger partial charge in [0.15, 0.2) is 0 Å². The van der Waals surface area contributed by atoms with Crippen LogP contribution in [-0.4, -0.2) is 50.8 Å². The van der Waals surface area contributed by atoms with E-state index in [4.69, 9.17) is 0 Å². The second-order valence-corrected chi connectivity index (χ2v) is 8.00. The summed E-state index contributed by atoms with van der Waals surface area (Å²) in [5.74, 6) is 0.691. The quantitative estimate of drug-likeness (QED) is 0.808. The number of nitrogens with zero attached hydrogens (tertiary/aromatic N) is 4. The molecule has 1 unspecified atom stereocenters. The Bertz CT molecular complexity index is 890. The Balaban J connectivity index is 1.34. The van der Waals surface area contributed by atoms with Crippen LogP contribution in [0.4, 0.5) is 16.3 Å². The van der Waals surface area contributed by atoms with Gasteiger partial charge in [0.1, 0.15) is 5.82 Å². The molecular formula is C20H21N5O3S. The number of piperidine rings is 1. The fraction of sp³-hybridized carbons (Fsp3) is 0.350. The molecule has 2 aromatic rings. The van der Waals surface area contributed by atoms with Gasteiger partial charge in [-0.1, -0.05) is 23.9 Å². The van der Waals surface area contributed by atoms with E-state index in [0.29, 0.717) is 12.2 Å². The molecule has 4 rings (SSSR count). The van der Waals surface area contributed by atoms with Crippen molar-refractivity contribution >= 4 is 40.3 Å². The van der Waals surface area contributed by atoms with Gasteiger partial charge in [-0.3, -0.25) is 24.3 Å². The van der Waals surface area contributed by atoms with E-state index in [1.54, 1.807) is 30.7 Å². The van der Waals surface area contributed by atoms with Crippen molar-refractivity contribution in [3.63, 3.8) is 0 Å². The summed E-state index contributed by atoms with van der Waals surface area (Å²) in [6.07, 6.45) is 6.76. The molecule has 0 bridgehead atoms. The highest BCUT2D eigenvalue weighted by Crippen LogP contribution is 2.24. The summed E-state index contributed by atoms with van der Waals surface area (Å²) >= 11 is 1.03. The van der Waals surface area contributed by atoms with Gasteiger partial charge in [-0.2, -0.15) is 0 Å². The van der Waals surface area contributed by atoms with Crippen LogP contribution in [0.2, 0.25) is 0 Å². The van der Waals surface area contributed by atoms with Crippen LogP contribution >= 0.6 is 11.8 Å². The lowest BCUT2D eigenvalue weighted by molar-refractivity contribution is -0.125. The molecule has 1 aromatic heterocycles. The van der Waals surface area contributed by atoms with Gasteiger partial charge in [-0.05, 0) is 30.5 Å². The van der Waals surface area contributed by atoms with Crippen LogP contribution in [0.25, 0.3) is 0 Å². The first-order chi connectivity index (χ1) is 14.1. The molecule has 2 fully saturated rings. The number of imide groups is 1. The third kappa shape index (κ3) is 4.56. The maximum absolute atomic E-state index is 12.7. The number of thioether (sulfide) groups is 1. The highest BCUT2D eigenvalue weighted by atomic mass is 32.2. The molecule has 0 spiro atoms. The maximum Gasteiger partial charge on any atom is 0.289 e. The van der Waals surface area contributed by atoms with Gasteiger partial charge in [0.2, 0.25) is 11.8 Å². The molecule has 2 saturated heterocycles. The summed E-state index contributed by atoms with van der Waals surface area (Å²) in [7, 11) is 0. The van der Waals surface area contributed by atoms with Crippen LogP contribution in [0, 0.1) is 5.92 Å². The molecule has 8 nitrogen and oxygen atoms in total. The number of amides is 3. The number of anilines is 2. The molecule has 9 heteroatoms. The summed E-state index contributed by atoms with van der Waals surface area (Å²) in [5.41, 5.74) is 1.54. The fourth-order valence-corrected chi connectivity index (χ4v) is 4.23. The van der Waals surface area contributed by atoms with Crippen molar-refractivity contribution < 1.29 is 14.4 Å². The van der Waals surface area contributed by atoms with Crippen molar-refractivity contribution in [2.75, 3.05) is 29.1 Å². The summed E-state index contributed by atoms with van der Waals surface area (Å²) in [5, 5.41) is 2.76. The van der Waals surface area contributed by atoms with Crippen LogP contribution in [0.5, 0.6) is 0 Å². The van der Waals surface area contributed by atoms with Crippen LogP contribution in [-0.2, 0) is 16.1 Å². The number of benzene rings is 1. The molecule has 1 atom stereocenters. The van der Waals surface area contributed by atoms with E-state index in [1.165, 1.54) is 4.90 Å². The number of carbonyl (C=O) groups is 3. The lowest BCUT2D eigenvalue weighted by Gasteiger charge is -2.32. The summed E-state index contributed by atoms with van der Waals surface area (Å²) < 4.78 is 0. The largest absolute Gasteiger partial charge is 0.355 e. The molecule has 3 amide bonds. The Hall–Kier alpha value is -2.94. The predicted molar refractivity (Wildman–Crippen MR) is 110 cm³/mol. The minimum absolute atomic E-state index is 0.0207. The highest BCUT2D eigenvalue weighted by Gasteiger charge is 2.30. The van der Waals surface area contributed by atoms with Gasteiger partial charge in [-0.15, -0.1) is 0 Å². The molecule has 1 aromatic carbocycles. The number of aromatic nitrogens is 2. The minimum Gasteiger partial charge on any atom is -0.355 e. The lowest BCUT2D eigenvalue weighted by atomic mass is 9.97. The molecule has 150 valence electrons. The zero-order valence-corrected chi connectivity index (χ0v) is 16.6. The molecule has 0 radical (unpaired) electrons. The van der Waals surface area contributed by atoms with Crippen molar-refractivity contribution in [2.24, 2.45) is 5.92 Å². The Labute approximate surface area is 172 Å². The molecule has 0 saturated carbocycles. The van der Waals surface area contributed by atoms with Gasteiger partial charge in [0.25, 0.3) is 5.24 Å². The van der Waals surface area contributed by atoms with Crippen molar-refractivity contribution in [1.82, 2.24) is 14.9 Å². The lowest BCUT2D eigenvalue weighted by Crippen LogP contribution is -2.41. The maximum atomic E-state index is 12.7. The van der Waals surface area contributed by atoms with Crippen molar-refractivity contribution in [3.05, 3.63) is 48.4 Å². The number of carbonyl (C=O) groups excluding carboxylic acids is 3. The zero-order chi connectivity index (χ0) is 20.2. The van der Waals surface area contributed by atoms with Gasteiger partial charge in [0, 0.05) is 31.2 Å². The smallest absolute Gasteiger partial charge is 0.289 e. The first-order valence-electron chi connectivity index (χ1n) is 9.48. The van der Waals surface area contributed by atoms with E-state index in [1.807, 2.05) is 12.1 Å². The third-order valence-electron chi connectivity index (χ3n) is 5.07. The van der Waals surface area contributed by atoms with E-state index in [0.717, 1.165) is 42.5 Å². The van der Waals surface area contributed by atoms with E-state index < -0.39 is 0 Å². The van der Waals surface area contributed by atoms with Crippen LogP contribution < -0.4 is 10.2 Å². The average molecular weight is 411 g/mol. The molecule has 2 aliphatic rings. The van der Waals surface area contributed by atoms with E-state index >= 15 is 0 Å². The molecular weight excluding hydrogens is 390 g/mol. The fourth-order valence-electron chi connectivity index (χ4n) is 3.51. The SMILES string of the molecule is O=C(Nc1ccc(CN2C(=O)CSC2=O)cc1)C1CCCN(c2cnccn2)C1. The van der Waals surface area contributed by atoms with E-state index in [-0.39, 0.29) is 35.3 Å². The molecule has 0 aliphatic carbocycles. The van der Waals surface area contributed by atoms with Gasteiger partial charge >= 0.3 is 0 Å². The predicted octanol–water partition coefficient (Wildman–Crippen LogP) is 2.53. The normalized spacial score (nSPS) is 19.5. The Morgan fingerprint density at radius 1 is 1.21 bits per heavy atom. The number of nitrogens with one attached hydrogen (secondary N) is 1. The van der Waals surface area contributed by atoms with Crippen molar-refractivity contribution in [1.29, 1.82) is 0 Å². The zero-order valence-electron chi connectivity index (χ0n) is 15.8. The molecule has 3 heterocycles. The Kier molecular flexibility index (Phi) is 5.75. The Morgan fingerprint density at radius 3 is 2.72 bits per heavy atom. The first kappa shape index (κ1) is 19.4. The summed E-state index contributed by atoms with van der Waals surface area (Å²) in [4.78, 5) is 47.9. The third-order valence-corrected chi connectivity index (χ3v) is 5.93. The first-order valence-corrected chi connectivity index (χ1v) is 10.5. The molecule has 29 heavy (non-hydrogen) atoms. The van der Waals surface area contributed by atoms with Crippen molar-refractivity contribution in [3.8, 4) is 0 Å². The molecule has 1 N–H and O–H groups in total. The number of hydrogen-bond donors (Lipinski definition) is 1.